The highest BCUT2D eigenvalue weighted by Gasteiger charge is 2.33. The van der Waals surface area contributed by atoms with Crippen LogP contribution in [0.15, 0.2) is 24.3 Å². The van der Waals surface area contributed by atoms with Crippen molar-refractivity contribution in [1.29, 1.82) is 0 Å². The average Bonchev–Trinajstić information content (AvgIpc) is 2.97. The number of benzene rings is 1. The van der Waals surface area contributed by atoms with Crippen molar-refractivity contribution < 1.29 is 52.4 Å². The number of ketones is 2. The van der Waals surface area contributed by atoms with Gasteiger partial charge in [-0.25, -0.2) is 9.36 Å². The van der Waals surface area contributed by atoms with Crippen LogP contribution in [0.1, 0.15) is 65.4 Å². The van der Waals surface area contributed by atoms with Crippen LogP contribution in [-0.2, 0) is 44.5 Å². The molecule has 0 saturated heterocycles. The van der Waals surface area contributed by atoms with Crippen molar-refractivity contribution in [2.24, 2.45) is 5.92 Å². The van der Waals surface area contributed by atoms with Gasteiger partial charge in [-0.15, -0.1) is 0 Å². The van der Waals surface area contributed by atoms with E-state index in [1.54, 1.807) is 6.92 Å². The summed E-state index contributed by atoms with van der Waals surface area (Å²) >= 11 is 0. The molecule has 0 heterocycles. The molecular formula is C29H45N4O11P. The van der Waals surface area contributed by atoms with E-state index in [-0.39, 0.29) is 55.3 Å². The van der Waals surface area contributed by atoms with Crippen molar-refractivity contribution in [3.63, 3.8) is 0 Å². The third-order valence-electron chi connectivity index (χ3n) is 7.05. The van der Waals surface area contributed by atoms with E-state index < -0.39 is 55.7 Å². The number of rotatable bonds is 20. The molecule has 0 aliphatic rings. The third kappa shape index (κ3) is 14.8. The first-order chi connectivity index (χ1) is 21.0. The van der Waals surface area contributed by atoms with Crippen LogP contribution in [0.25, 0.3) is 0 Å². The van der Waals surface area contributed by atoms with E-state index in [2.05, 4.69) is 25.8 Å². The van der Waals surface area contributed by atoms with E-state index in [0.717, 1.165) is 0 Å². The smallest absolute Gasteiger partial charge is 0.467 e. The van der Waals surface area contributed by atoms with Crippen LogP contribution in [0.4, 0.5) is 0 Å². The van der Waals surface area contributed by atoms with Crippen molar-refractivity contribution in [3.05, 3.63) is 29.8 Å². The first-order valence-corrected chi connectivity index (χ1v) is 16.0. The second-order valence-electron chi connectivity index (χ2n) is 10.8. The summed E-state index contributed by atoms with van der Waals surface area (Å²) in [6, 6.07) is 1.38. The number of methoxy groups -OCH3 is 1. The number of carbonyl (C=O) groups excluding carboxylic acids is 6. The highest BCUT2D eigenvalue weighted by atomic mass is 31.2. The zero-order valence-electron chi connectivity index (χ0n) is 26.5. The van der Waals surface area contributed by atoms with Gasteiger partial charge in [0.15, 0.2) is 0 Å². The molecule has 0 bridgehead atoms. The summed E-state index contributed by atoms with van der Waals surface area (Å²) in [5, 5.41) is 10.6. The lowest BCUT2D eigenvalue weighted by atomic mass is 9.98. The van der Waals surface area contributed by atoms with Crippen LogP contribution in [0.5, 0.6) is 5.75 Å². The Hall–Kier alpha value is -3.65. The number of Topliss-reactive ketones (excluding diaryl/α,β-unsaturated/α-hetero) is 2. The topological polar surface area (TPSA) is 227 Å². The second-order valence-corrected chi connectivity index (χ2v) is 11.9. The molecule has 0 aliphatic heterocycles. The number of carbonyl (C=O) groups is 6. The molecule has 1 rings (SSSR count). The Bertz CT molecular complexity index is 1240. The molecule has 1 aromatic carbocycles. The van der Waals surface area contributed by atoms with Gasteiger partial charge in [-0.1, -0.05) is 32.4 Å². The van der Waals surface area contributed by atoms with Gasteiger partial charge in [-0.05, 0) is 63.8 Å². The number of phosphoric acid groups is 1. The van der Waals surface area contributed by atoms with E-state index in [9.17, 15) is 33.3 Å². The van der Waals surface area contributed by atoms with Crippen molar-refractivity contribution in [3.8, 4) is 5.75 Å². The summed E-state index contributed by atoms with van der Waals surface area (Å²) in [6.45, 7) is 6.25. The fourth-order valence-corrected chi connectivity index (χ4v) is 4.61. The number of nitrogens with one attached hydrogen (secondary N) is 4. The standard InChI is InChI=1S/C29H45N4O11P/c1-7-17(2)25(29(39)43-6)33-27(37)23(15-9-19(4)35)31-26(36)22(14-8-18(3)34)32-28(38)24(30-5)16-20-10-12-21(13-11-20)44-45(40,41)42/h10-13,17,22-25,30H,7-9,14-16H2,1-6H3,(H,31,36)(H,32,38)(H,33,37)(H2,40,41,42)/t17?,22-,23-,24-,25-/m0/s1. The van der Waals surface area contributed by atoms with Gasteiger partial charge in [-0.2, -0.15) is 0 Å². The molecule has 252 valence electrons. The number of phosphoric ester groups is 1. The SMILES string of the molecule is CCC(C)[C@H](NC(=O)[C@H](CCC(C)=O)NC(=O)[C@H](CCC(C)=O)NC(=O)[C@H](Cc1ccc(OP(=O)(O)O)cc1)NC)C(=O)OC. The molecule has 0 saturated carbocycles. The Morgan fingerprint density at radius 3 is 1.69 bits per heavy atom. The number of hydrogen-bond acceptors (Lipinski definition) is 10. The molecule has 3 amide bonds. The molecule has 0 aromatic heterocycles. The lowest BCUT2D eigenvalue weighted by Crippen LogP contribution is -2.58. The Morgan fingerprint density at radius 2 is 1.29 bits per heavy atom. The van der Waals surface area contributed by atoms with Crippen molar-refractivity contribution in [1.82, 2.24) is 21.3 Å². The predicted molar refractivity (Wildman–Crippen MR) is 163 cm³/mol. The average molecular weight is 657 g/mol. The van der Waals surface area contributed by atoms with Crippen molar-refractivity contribution in [2.45, 2.75) is 90.4 Å². The van der Waals surface area contributed by atoms with Crippen LogP contribution < -0.4 is 25.8 Å². The van der Waals surface area contributed by atoms with E-state index >= 15 is 0 Å². The third-order valence-corrected chi connectivity index (χ3v) is 7.50. The molecule has 1 unspecified atom stereocenters. The van der Waals surface area contributed by atoms with Gasteiger partial charge in [0.2, 0.25) is 17.7 Å². The van der Waals surface area contributed by atoms with Crippen molar-refractivity contribution in [2.75, 3.05) is 14.2 Å². The van der Waals surface area contributed by atoms with Gasteiger partial charge in [0.25, 0.3) is 0 Å². The van der Waals surface area contributed by atoms with Gasteiger partial charge >= 0.3 is 13.8 Å². The molecule has 45 heavy (non-hydrogen) atoms. The van der Waals surface area contributed by atoms with Crippen LogP contribution in [-0.4, -0.2) is 83.4 Å². The van der Waals surface area contributed by atoms with Crippen LogP contribution >= 0.6 is 7.82 Å². The molecule has 0 aliphatic carbocycles. The molecule has 15 nitrogen and oxygen atoms in total. The van der Waals surface area contributed by atoms with Gasteiger partial charge < -0.3 is 40.1 Å². The number of hydrogen-bond donors (Lipinski definition) is 6. The minimum atomic E-state index is -4.74. The van der Waals surface area contributed by atoms with Gasteiger partial charge in [0.05, 0.1) is 13.2 Å². The monoisotopic (exact) mass is 656 g/mol. The fraction of sp³-hybridized carbons (Fsp3) is 0.586. The van der Waals surface area contributed by atoms with E-state index in [0.29, 0.717) is 12.0 Å². The maximum Gasteiger partial charge on any atom is 0.524 e. The van der Waals surface area contributed by atoms with Crippen LogP contribution in [0.2, 0.25) is 0 Å². The molecule has 0 fully saturated rings. The predicted octanol–water partition coefficient (Wildman–Crippen LogP) is 0.701. The summed E-state index contributed by atoms with van der Waals surface area (Å²) in [7, 11) is -2.02. The van der Waals surface area contributed by atoms with Crippen molar-refractivity contribution >= 4 is 43.1 Å². The molecule has 0 radical (unpaired) electrons. The summed E-state index contributed by atoms with van der Waals surface area (Å²) in [6.07, 6.45) is 0.419. The zero-order chi connectivity index (χ0) is 34.3. The summed E-state index contributed by atoms with van der Waals surface area (Å²) in [5.41, 5.74) is 0.606. The lowest BCUT2D eigenvalue weighted by molar-refractivity contribution is -0.147. The molecule has 1 aromatic rings. The quantitative estimate of drug-likeness (QED) is 0.0842. The lowest BCUT2D eigenvalue weighted by Gasteiger charge is -2.27. The molecule has 5 atom stereocenters. The van der Waals surface area contributed by atoms with E-state index in [4.69, 9.17) is 14.5 Å². The maximum atomic E-state index is 13.4. The van der Waals surface area contributed by atoms with Gasteiger partial charge in [-0.3, -0.25) is 24.2 Å². The molecule has 0 spiro atoms. The largest absolute Gasteiger partial charge is 0.524 e. The number of likely N-dealkylation sites (N-methyl/N-ethyl adjacent to an activating group) is 1. The van der Waals surface area contributed by atoms with E-state index in [1.807, 2.05) is 6.92 Å². The molecular weight excluding hydrogens is 611 g/mol. The van der Waals surface area contributed by atoms with Crippen LogP contribution in [0.3, 0.4) is 0 Å². The second kappa shape index (κ2) is 19.0. The Kier molecular flexibility index (Phi) is 16.6. The molecule has 16 heteroatoms. The number of ether oxygens (including phenoxy) is 1. The zero-order valence-corrected chi connectivity index (χ0v) is 27.3. The van der Waals surface area contributed by atoms with Gasteiger partial charge in [0, 0.05) is 12.8 Å². The normalized spacial score (nSPS) is 14.6. The van der Waals surface area contributed by atoms with E-state index in [1.165, 1.54) is 52.3 Å². The first-order valence-electron chi connectivity index (χ1n) is 14.5. The highest BCUT2D eigenvalue weighted by molar-refractivity contribution is 7.46. The summed E-state index contributed by atoms with van der Waals surface area (Å²) in [5.74, 6) is -3.55. The summed E-state index contributed by atoms with van der Waals surface area (Å²) < 4.78 is 20.4. The van der Waals surface area contributed by atoms with Gasteiger partial charge in [0.1, 0.15) is 35.4 Å². The molecule has 6 N–H and O–H groups in total. The minimum absolute atomic E-state index is 0.0467. The summed E-state index contributed by atoms with van der Waals surface area (Å²) in [4.78, 5) is 93.7. The fourth-order valence-electron chi connectivity index (χ4n) is 4.21. The van der Waals surface area contributed by atoms with Crippen LogP contribution in [0, 0.1) is 5.92 Å². The first kappa shape index (κ1) is 39.4. The Labute approximate surface area is 262 Å². The Balaban J connectivity index is 3.15. The minimum Gasteiger partial charge on any atom is -0.467 e. The maximum absolute atomic E-state index is 13.4. The Morgan fingerprint density at radius 1 is 0.822 bits per heavy atom. The number of amides is 3. The highest BCUT2D eigenvalue weighted by Crippen LogP contribution is 2.37. The number of esters is 1.